The van der Waals surface area contributed by atoms with E-state index >= 15 is 0 Å². The molecule has 2 rings (SSSR count). The highest BCUT2D eigenvalue weighted by molar-refractivity contribution is 6.30. The Balaban J connectivity index is 1.71. The molecule has 2 nitrogen and oxygen atoms in total. The van der Waals surface area contributed by atoms with E-state index in [-0.39, 0.29) is 0 Å². The summed E-state index contributed by atoms with van der Waals surface area (Å²) in [7, 11) is 0. The first-order valence-corrected chi connectivity index (χ1v) is 6.90. The van der Waals surface area contributed by atoms with Crippen LogP contribution in [-0.4, -0.2) is 37.6 Å². The number of aryl methyl sites for hydroxylation is 1. The summed E-state index contributed by atoms with van der Waals surface area (Å²) < 4.78 is 0. The highest BCUT2D eigenvalue weighted by Gasteiger charge is 2.07. The molecule has 0 atom stereocenters. The van der Waals surface area contributed by atoms with Crippen molar-refractivity contribution in [3.63, 3.8) is 0 Å². The minimum atomic E-state index is 0.849. The summed E-state index contributed by atoms with van der Waals surface area (Å²) >= 11 is 5.98. The lowest BCUT2D eigenvalue weighted by Crippen LogP contribution is -2.29. The second-order valence-corrected chi connectivity index (χ2v) is 5.12. The number of benzene rings is 1. The van der Waals surface area contributed by atoms with E-state index in [1.165, 1.54) is 44.6 Å². The fourth-order valence-corrected chi connectivity index (χ4v) is 2.54. The number of nitrogens with one attached hydrogen (secondary N) is 1. The third-order valence-electron chi connectivity index (χ3n) is 3.26. The average molecular weight is 253 g/mol. The van der Waals surface area contributed by atoms with Gasteiger partial charge < -0.3 is 10.2 Å². The van der Waals surface area contributed by atoms with Gasteiger partial charge in [0, 0.05) is 18.1 Å². The smallest absolute Gasteiger partial charge is 0.0408 e. The molecule has 0 aliphatic carbocycles. The van der Waals surface area contributed by atoms with Gasteiger partial charge in [-0.3, -0.25) is 0 Å². The normalized spacial score (nSPS) is 17.9. The summed E-state index contributed by atoms with van der Waals surface area (Å²) in [6, 6.07) is 8.21. The lowest BCUT2D eigenvalue weighted by atomic mass is 10.1. The number of hydrogen-bond donors (Lipinski definition) is 1. The van der Waals surface area contributed by atoms with Crippen LogP contribution in [0, 0.1) is 0 Å². The van der Waals surface area contributed by atoms with E-state index in [0.717, 1.165) is 18.0 Å². The predicted molar refractivity (Wildman–Crippen MR) is 73.7 cm³/mol. The topological polar surface area (TPSA) is 15.3 Å². The van der Waals surface area contributed by atoms with Gasteiger partial charge in [0.05, 0.1) is 0 Å². The summed E-state index contributed by atoms with van der Waals surface area (Å²) in [4.78, 5) is 2.56. The van der Waals surface area contributed by atoms with Crippen molar-refractivity contribution in [1.82, 2.24) is 10.2 Å². The van der Waals surface area contributed by atoms with Crippen LogP contribution >= 0.6 is 11.6 Å². The van der Waals surface area contributed by atoms with Gasteiger partial charge in [0.1, 0.15) is 0 Å². The Morgan fingerprint density at radius 1 is 1.24 bits per heavy atom. The molecule has 1 aliphatic heterocycles. The Bertz CT molecular complexity index is 333. The van der Waals surface area contributed by atoms with Crippen LogP contribution in [0.2, 0.25) is 5.02 Å². The zero-order valence-electron chi connectivity index (χ0n) is 10.3. The van der Waals surface area contributed by atoms with Crippen molar-refractivity contribution >= 4 is 11.6 Å². The molecule has 0 aromatic heterocycles. The first kappa shape index (κ1) is 12.9. The van der Waals surface area contributed by atoms with E-state index < -0.39 is 0 Å². The highest BCUT2D eigenvalue weighted by atomic mass is 35.5. The standard InChI is InChI=1S/C14H21ClN2/c15-14-6-1-4-13(12-14)5-2-9-17-10-3-7-16-8-11-17/h1,4,6,12,16H,2-3,5,7-11H2. The molecular formula is C14H21ClN2. The summed E-state index contributed by atoms with van der Waals surface area (Å²) in [6.07, 6.45) is 3.63. The fraction of sp³-hybridized carbons (Fsp3) is 0.571. The molecule has 0 bridgehead atoms. The molecule has 0 radical (unpaired) electrons. The van der Waals surface area contributed by atoms with Crippen molar-refractivity contribution < 1.29 is 0 Å². The zero-order valence-corrected chi connectivity index (χ0v) is 11.0. The maximum atomic E-state index is 5.98. The number of nitrogens with zero attached hydrogens (tertiary/aromatic N) is 1. The molecule has 17 heavy (non-hydrogen) atoms. The molecule has 1 aromatic carbocycles. The van der Waals surface area contributed by atoms with Crippen LogP contribution in [0.15, 0.2) is 24.3 Å². The molecule has 94 valence electrons. The summed E-state index contributed by atoms with van der Waals surface area (Å²) in [6.45, 7) is 5.94. The van der Waals surface area contributed by atoms with Crippen molar-refractivity contribution in [2.24, 2.45) is 0 Å². The summed E-state index contributed by atoms with van der Waals surface area (Å²) in [5.41, 5.74) is 1.35. The van der Waals surface area contributed by atoms with Crippen LogP contribution < -0.4 is 5.32 Å². The van der Waals surface area contributed by atoms with Gasteiger partial charge in [0.25, 0.3) is 0 Å². The van der Waals surface area contributed by atoms with E-state index in [9.17, 15) is 0 Å². The molecule has 1 aromatic rings. The average Bonchev–Trinajstić information content (AvgIpc) is 2.58. The van der Waals surface area contributed by atoms with Crippen molar-refractivity contribution in [2.45, 2.75) is 19.3 Å². The first-order chi connectivity index (χ1) is 8.34. The third kappa shape index (κ3) is 4.66. The van der Waals surface area contributed by atoms with Crippen LogP contribution in [-0.2, 0) is 6.42 Å². The Morgan fingerprint density at radius 2 is 2.18 bits per heavy atom. The largest absolute Gasteiger partial charge is 0.315 e. The predicted octanol–water partition coefficient (Wildman–Crippen LogP) is 2.57. The van der Waals surface area contributed by atoms with Crippen LogP contribution in [0.25, 0.3) is 0 Å². The number of rotatable bonds is 4. The van der Waals surface area contributed by atoms with E-state index in [1.54, 1.807) is 0 Å². The second kappa shape index (κ2) is 7.00. The Hall–Kier alpha value is -0.570. The van der Waals surface area contributed by atoms with Crippen LogP contribution in [0.1, 0.15) is 18.4 Å². The minimum absolute atomic E-state index is 0.849. The van der Waals surface area contributed by atoms with Gasteiger partial charge in [-0.2, -0.15) is 0 Å². The molecule has 1 fully saturated rings. The zero-order chi connectivity index (χ0) is 11.9. The number of halogens is 1. The van der Waals surface area contributed by atoms with Gasteiger partial charge in [-0.1, -0.05) is 23.7 Å². The molecular weight excluding hydrogens is 232 g/mol. The maximum Gasteiger partial charge on any atom is 0.0408 e. The van der Waals surface area contributed by atoms with Gasteiger partial charge in [0.15, 0.2) is 0 Å². The van der Waals surface area contributed by atoms with Gasteiger partial charge in [-0.25, -0.2) is 0 Å². The van der Waals surface area contributed by atoms with Crippen molar-refractivity contribution in [3.05, 3.63) is 34.9 Å². The van der Waals surface area contributed by atoms with Crippen LogP contribution in [0.5, 0.6) is 0 Å². The Kier molecular flexibility index (Phi) is 5.30. The van der Waals surface area contributed by atoms with Gasteiger partial charge in [-0.05, 0) is 56.6 Å². The Morgan fingerprint density at radius 3 is 3.06 bits per heavy atom. The van der Waals surface area contributed by atoms with Gasteiger partial charge >= 0.3 is 0 Å². The van der Waals surface area contributed by atoms with E-state index in [2.05, 4.69) is 22.3 Å². The molecule has 1 saturated heterocycles. The van der Waals surface area contributed by atoms with Gasteiger partial charge in [-0.15, -0.1) is 0 Å². The number of hydrogen-bond acceptors (Lipinski definition) is 2. The quantitative estimate of drug-likeness (QED) is 0.886. The van der Waals surface area contributed by atoms with E-state index in [4.69, 9.17) is 11.6 Å². The van der Waals surface area contributed by atoms with Gasteiger partial charge in [0.2, 0.25) is 0 Å². The SMILES string of the molecule is Clc1cccc(CCCN2CCCNCC2)c1. The maximum absolute atomic E-state index is 5.98. The molecule has 0 spiro atoms. The molecule has 0 saturated carbocycles. The monoisotopic (exact) mass is 252 g/mol. The van der Waals surface area contributed by atoms with Crippen molar-refractivity contribution in [1.29, 1.82) is 0 Å². The van der Waals surface area contributed by atoms with E-state index in [1.807, 2.05) is 12.1 Å². The second-order valence-electron chi connectivity index (χ2n) is 4.68. The molecule has 1 aliphatic rings. The van der Waals surface area contributed by atoms with Crippen molar-refractivity contribution in [3.8, 4) is 0 Å². The lowest BCUT2D eigenvalue weighted by Gasteiger charge is -2.19. The van der Waals surface area contributed by atoms with E-state index in [0.29, 0.717) is 0 Å². The molecule has 3 heteroatoms. The lowest BCUT2D eigenvalue weighted by molar-refractivity contribution is 0.289. The minimum Gasteiger partial charge on any atom is -0.315 e. The summed E-state index contributed by atoms with van der Waals surface area (Å²) in [5.74, 6) is 0. The molecule has 0 amide bonds. The highest BCUT2D eigenvalue weighted by Crippen LogP contribution is 2.12. The Labute approximate surface area is 109 Å². The third-order valence-corrected chi connectivity index (χ3v) is 3.50. The molecule has 1 heterocycles. The van der Waals surface area contributed by atoms with Crippen LogP contribution in [0.3, 0.4) is 0 Å². The first-order valence-electron chi connectivity index (χ1n) is 6.52. The van der Waals surface area contributed by atoms with Crippen LogP contribution in [0.4, 0.5) is 0 Å². The van der Waals surface area contributed by atoms with Crippen molar-refractivity contribution in [2.75, 3.05) is 32.7 Å². The summed E-state index contributed by atoms with van der Waals surface area (Å²) in [5, 5.41) is 4.28. The molecule has 1 N–H and O–H groups in total. The molecule has 0 unspecified atom stereocenters. The fourth-order valence-electron chi connectivity index (χ4n) is 2.32.